The maximum absolute atomic E-state index is 13.7. The van der Waals surface area contributed by atoms with Gasteiger partial charge in [0, 0.05) is 45.5 Å². The fourth-order valence-corrected chi connectivity index (χ4v) is 4.25. The van der Waals surface area contributed by atoms with Crippen LogP contribution >= 0.6 is 48.8 Å². The van der Waals surface area contributed by atoms with E-state index in [1.165, 1.54) is 0 Å². The summed E-state index contributed by atoms with van der Waals surface area (Å²) in [6.07, 6.45) is 3.06. The van der Waals surface area contributed by atoms with E-state index in [0.717, 1.165) is 23.4 Å². The fourth-order valence-electron chi connectivity index (χ4n) is 3.97. The summed E-state index contributed by atoms with van der Waals surface area (Å²) in [7, 11) is 0. The first-order chi connectivity index (χ1) is 17.4. The highest BCUT2D eigenvalue weighted by atomic mass is 35.5. The van der Waals surface area contributed by atoms with E-state index in [-0.39, 0.29) is 61.9 Å². The molecule has 0 unspecified atom stereocenters. The molecule has 0 atom stereocenters. The molecule has 3 heterocycles. The van der Waals surface area contributed by atoms with E-state index in [0.29, 0.717) is 46.7 Å². The summed E-state index contributed by atoms with van der Waals surface area (Å²) in [5, 5.41) is 22.7. The van der Waals surface area contributed by atoms with E-state index in [1.807, 2.05) is 43.3 Å². The molecule has 0 saturated carbocycles. The number of benzene rings is 1. The minimum absolute atomic E-state index is 0. The summed E-state index contributed by atoms with van der Waals surface area (Å²) in [6, 6.07) is 12.5. The molecule has 5 N–H and O–H groups in total. The summed E-state index contributed by atoms with van der Waals surface area (Å²) in [5.74, 6) is 0.211. The van der Waals surface area contributed by atoms with E-state index in [1.54, 1.807) is 16.8 Å². The molecule has 3 aromatic heterocycles. The van der Waals surface area contributed by atoms with Crippen molar-refractivity contribution in [3.63, 3.8) is 0 Å². The zero-order valence-electron chi connectivity index (χ0n) is 21.2. The molecule has 0 aliphatic rings. The van der Waals surface area contributed by atoms with Crippen molar-refractivity contribution in [3.05, 3.63) is 69.7 Å². The van der Waals surface area contributed by atoms with Crippen LogP contribution in [-0.4, -0.2) is 55.5 Å². The lowest BCUT2D eigenvalue weighted by Crippen LogP contribution is -2.29. The maximum Gasteiger partial charge on any atom is 0.260 e. The Kier molecular flexibility index (Phi) is 14.1. The number of aliphatic hydroxyl groups is 2. The third kappa shape index (κ3) is 8.02. The Labute approximate surface area is 250 Å². The molecule has 0 bridgehead atoms. The van der Waals surface area contributed by atoms with Gasteiger partial charge in [0.15, 0.2) is 0 Å². The standard InChI is InChI=1S/C26H29ClN6O3.3ClH/c1-16-5-4-6-23(30-16)17-7-8-20(22(27)12-17)21-11-18-13-29-26(31-19(14-34)15-35)32-24(18)33(25(21)36)10-3-2-9-28;;;/h4-8,11-13,19,34-35H,2-3,9-10,14-15,28H2,1H3,(H,29,31,32);3*1H. The maximum atomic E-state index is 13.7. The van der Waals surface area contributed by atoms with E-state index < -0.39 is 6.04 Å². The molecule has 1 aromatic carbocycles. The van der Waals surface area contributed by atoms with Crippen LogP contribution in [0.4, 0.5) is 5.95 Å². The van der Waals surface area contributed by atoms with Gasteiger partial charge >= 0.3 is 0 Å². The Morgan fingerprint density at radius 2 is 1.77 bits per heavy atom. The van der Waals surface area contributed by atoms with Crippen molar-refractivity contribution < 1.29 is 10.2 Å². The van der Waals surface area contributed by atoms with Crippen molar-refractivity contribution in [1.82, 2.24) is 19.5 Å². The van der Waals surface area contributed by atoms with Gasteiger partial charge in [0.2, 0.25) is 5.95 Å². The average molecular weight is 618 g/mol. The molecule has 39 heavy (non-hydrogen) atoms. The number of fused-ring (bicyclic) bond motifs is 1. The first kappa shape index (κ1) is 34.5. The van der Waals surface area contributed by atoms with E-state index >= 15 is 0 Å². The lowest BCUT2D eigenvalue weighted by molar-refractivity contribution is 0.203. The van der Waals surface area contributed by atoms with Crippen LogP contribution in [0.25, 0.3) is 33.4 Å². The van der Waals surface area contributed by atoms with Crippen molar-refractivity contribution >= 4 is 65.8 Å². The van der Waals surface area contributed by atoms with Crippen LogP contribution in [0.2, 0.25) is 5.02 Å². The number of unbranched alkanes of at least 4 members (excludes halogenated alkanes) is 1. The van der Waals surface area contributed by atoms with Gasteiger partial charge in [0.25, 0.3) is 5.56 Å². The summed E-state index contributed by atoms with van der Waals surface area (Å²) in [4.78, 5) is 27.1. The van der Waals surface area contributed by atoms with Crippen LogP contribution < -0.4 is 16.6 Å². The monoisotopic (exact) mass is 616 g/mol. The predicted molar refractivity (Wildman–Crippen MR) is 164 cm³/mol. The smallest absolute Gasteiger partial charge is 0.260 e. The second-order valence-corrected chi connectivity index (χ2v) is 8.96. The number of aliphatic hydroxyl groups excluding tert-OH is 2. The number of nitrogens with one attached hydrogen (secondary N) is 1. The van der Waals surface area contributed by atoms with Gasteiger partial charge in [0.05, 0.1) is 24.9 Å². The minimum Gasteiger partial charge on any atom is -0.394 e. The van der Waals surface area contributed by atoms with E-state index in [4.69, 9.17) is 17.3 Å². The van der Waals surface area contributed by atoms with Crippen molar-refractivity contribution in [3.8, 4) is 22.4 Å². The molecule has 0 saturated heterocycles. The minimum atomic E-state index is -0.612. The summed E-state index contributed by atoms with van der Waals surface area (Å²) < 4.78 is 1.60. The van der Waals surface area contributed by atoms with Crippen molar-refractivity contribution in [1.29, 1.82) is 0 Å². The van der Waals surface area contributed by atoms with Crippen LogP contribution in [0.15, 0.2) is 53.5 Å². The molecule has 0 amide bonds. The zero-order valence-corrected chi connectivity index (χ0v) is 24.4. The van der Waals surface area contributed by atoms with Crippen LogP contribution in [0.5, 0.6) is 0 Å². The van der Waals surface area contributed by atoms with Crippen LogP contribution in [0.1, 0.15) is 18.5 Å². The molecule has 0 aliphatic carbocycles. The lowest BCUT2D eigenvalue weighted by atomic mass is 10.0. The van der Waals surface area contributed by atoms with Crippen LogP contribution in [0.3, 0.4) is 0 Å². The van der Waals surface area contributed by atoms with Gasteiger partial charge in [-0.2, -0.15) is 4.98 Å². The largest absolute Gasteiger partial charge is 0.394 e. The number of hydrogen-bond acceptors (Lipinski definition) is 8. The Morgan fingerprint density at radius 1 is 1.03 bits per heavy atom. The lowest BCUT2D eigenvalue weighted by Gasteiger charge is -2.16. The first-order valence-electron chi connectivity index (χ1n) is 11.8. The van der Waals surface area contributed by atoms with E-state index in [2.05, 4.69) is 20.3 Å². The number of pyridine rings is 2. The third-order valence-electron chi connectivity index (χ3n) is 5.88. The quantitative estimate of drug-likeness (QED) is 0.194. The van der Waals surface area contributed by atoms with E-state index in [9.17, 15) is 15.0 Å². The highest BCUT2D eigenvalue weighted by Gasteiger charge is 2.17. The van der Waals surface area contributed by atoms with Crippen molar-refractivity contribution in [2.75, 3.05) is 25.1 Å². The van der Waals surface area contributed by atoms with Gasteiger partial charge in [-0.1, -0.05) is 29.8 Å². The molecular weight excluding hydrogens is 586 g/mol. The fraction of sp³-hybridized carbons (Fsp3) is 0.308. The molecule has 13 heteroatoms. The number of nitrogens with two attached hydrogens (primary N) is 1. The molecule has 212 valence electrons. The van der Waals surface area contributed by atoms with Gasteiger partial charge in [-0.25, -0.2) is 4.98 Å². The average Bonchev–Trinajstić information content (AvgIpc) is 2.88. The number of aromatic nitrogens is 4. The molecule has 0 aliphatic heterocycles. The molecule has 0 spiro atoms. The Balaban J connectivity index is 0.00000253. The normalized spacial score (nSPS) is 10.5. The van der Waals surface area contributed by atoms with Gasteiger partial charge in [-0.15, -0.1) is 37.2 Å². The Hall–Kier alpha value is -2.50. The molecule has 0 fully saturated rings. The highest BCUT2D eigenvalue weighted by Crippen LogP contribution is 2.31. The summed E-state index contributed by atoms with van der Waals surface area (Å²) in [5.41, 5.74) is 9.51. The second kappa shape index (κ2) is 15.9. The van der Waals surface area contributed by atoms with Crippen molar-refractivity contribution in [2.24, 2.45) is 5.73 Å². The zero-order chi connectivity index (χ0) is 25.7. The number of halogens is 4. The summed E-state index contributed by atoms with van der Waals surface area (Å²) >= 11 is 6.69. The second-order valence-electron chi connectivity index (χ2n) is 8.55. The van der Waals surface area contributed by atoms with Gasteiger partial charge in [0.1, 0.15) is 5.65 Å². The Morgan fingerprint density at radius 3 is 2.41 bits per heavy atom. The number of aryl methyl sites for hydroxylation is 2. The number of rotatable bonds is 10. The number of nitrogens with zero attached hydrogens (tertiary/aromatic N) is 4. The molecule has 4 aromatic rings. The molecule has 0 radical (unpaired) electrons. The molecular formula is C26H32Cl4N6O3. The highest BCUT2D eigenvalue weighted by molar-refractivity contribution is 6.33. The van der Waals surface area contributed by atoms with Gasteiger partial charge in [-0.05, 0) is 50.6 Å². The van der Waals surface area contributed by atoms with Crippen molar-refractivity contribution in [2.45, 2.75) is 32.4 Å². The summed E-state index contributed by atoms with van der Waals surface area (Å²) in [6.45, 7) is 2.30. The third-order valence-corrected chi connectivity index (χ3v) is 6.19. The topological polar surface area (TPSA) is 139 Å². The first-order valence-corrected chi connectivity index (χ1v) is 12.2. The Bertz CT molecular complexity index is 1430. The number of anilines is 1. The van der Waals surface area contributed by atoms with Gasteiger partial charge in [-0.3, -0.25) is 14.3 Å². The van der Waals surface area contributed by atoms with Gasteiger partial charge < -0.3 is 21.3 Å². The SMILES string of the molecule is Cc1cccc(-c2ccc(-c3cc4cnc(NC(CO)CO)nc4n(CCCCN)c3=O)c(Cl)c2)n1.Cl.Cl.Cl. The number of hydrogen-bond donors (Lipinski definition) is 4. The molecule has 9 nitrogen and oxygen atoms in total. The predicted octanol–water partition coefficient (Wildman–Crippen LogP) is 4.25. The van der Waals surface area contributed by atoms with Crippen LogP contribution in [0, 0.1) is 6.92 Å². The van der Waals surface area contributed by atoms with Crippen LogP contribution in [-0.2, 0) is 6.54 Å². The molecule has 4 rings (SSSR count).